The lowest BCUT2D eigenvalue weighted by Crippen LogP contribution is -2.10. The Morgan fingerprint density at radius 3 is 2.88 bits per heavy atom. The molecule has 90 valence electrons. The second-order valence-corrected chi connectivity index (χ2v) is 4.64. The van der Waals surface area contributed by atoms with Crippen molar-refractivity contribution in [2.75, 3.05) is 0 Å². The van der Waals surface area contributed by atoms with Crippen LogP contribution >= 0.6 is 15.9 Å². The summed E-state index contributed by atoms with van der Waals surface area (Å²) in [5, 5.41) is 17.9. The van der Waals surface area contributed by atoms with Crippen molar-refractivity contribution in [1.29, 1.82) is 0 Å². The molecule has 17 heavy (non-hydrogen) atoms. The number of halogens is 1. The van der Waals surface area contributed by atoms with Gasteiger partial charge in [-0.25, -0.2) is 4.68 Å². The van der Waals surface area contributed by atoms with E-state index < -0.39 is 6.10 Å². The molecular formula is C12H14BrN3O. The van der Waals surface area contributed by atoms with Crippen LogP contribution in [0.3, 0.4) is 0 Å². The number of rotatable bonds is 4. The number of aryl methyl sites for hydroxylation is 1. The SMILES string of the molecule is CCn1nncc1C(O)Cc1ccccc1Br. The predicted molar refractivity (Wildman–Crippen MR) is 68.5 cm³/mol. The van der Waals surface area contributed by atoms with E-state index in [-0.39, 0.29) is 0 Å². The lowest BCUT2D eigenvalue weighted by Gasteiger charge is -2.12. The molecule has 0 aliphatic carbocycles. The van der Waals surface area contributed by atoms with E-state index in [1.807, 2.05) is 31.2 Å². The van der Waals surface area contributed by atoms with Gasteiger partial charge < -0.3 is 5.11 Å². The molecule has 0 bridgehead atoms. The normalized spacial score (nSPS) is 12.6. The maximum Gasteiger partial charge on any atom is 0.101 e. The number of hydrogen-bond donors (Lipinski definition) is 1. The second kappa shape index (κ2) is 5.42. The van der Waals surface area contributed by atoms with Gasteiger partial charge >= 0.3 is 0 Å². The zero-order valence-electron chi connectivity index (χ0n) is 9.55. The molecule has 0 aliphatic heterocycles. The van der Waals surface area contributed by atoms with Gasteiger partial charge in [-0.15, -0.1) is 5.10 Å². The van der Waals surface area contributed by atoms with Gasteiger partial charge in [0.05, 0.1) is 11.9 Å². The molecule has 1 aromatic carbocycles. The molecule has 0 aliphatic rings. The van der Waals surface area contributed by atoms with Gasteiger partial charge in [0.2, 0.25) is 0 Å². The van der Waals surface area contributed by atoms with Gasteiger partial charge in [-0.05, 0) is 18.6 Å². The highest BCUT2D eigenvalue weighted by molar-refractivity contribution is 9.10. The summed E-state index contributed by atoms with van der Waals surface area (Å²) >= 11 is 3.47. The van der Waals surface area contributed by atoms with Crippen molar-refractivity contribution in [3.05, 3.63) is 46.2 Å². The van der Waals surface area contributed by atoms with E-state index in [4.69, 9.17) is 0 Å². The van der Waals surface area contributed by atoms with Crippen LogP contribution in [0.2, 0.25) is 0 Å². The summed E-state index contributed by atoms with van der Waals surface area (Å²) in [6.45, 7) is 2.69. The van der Waals surface area contributed by atoms with E-state index in [9.17, 15) is 5.11 Å². The summed E-state index contributed by atoms with van der Waals surface area (Å²) in [4.78, 5) is 0. The lowest BCUT2D eigenvalue weighted by molar-refractivity contribution is 0.167. The Kier molecular flexibility index (Phi) is 3.91. The zero-order valence-corrected chi connectivity index (χ0v) is 11.1. The fourth-order valence-electron chi connectivity index (χ4n) is 1.75. The molecule has 1 atom stereocenters. The van der Waals surface area contributed by atoms with E-state index in [0.29, 0.717) is 13.0 Å². The summed E-state index contributed by atoms with van der Waals surface area (Å²) in [5.74, 6) is 0. The number of aliphatic hydroxyl groups is 1. The molecule has 0 saturated heterocycles. The van der Waals surface area contributed by atoms with E-state index >= 15 is 0 Å². The highest BCUT2D eigenvalue weighted by Gasteiger charge is 2.15. The highest BCUT2D eigenvalue weighted by Crippen LogP contribution is 2.23. The molecule has 0 spiro atoms. The van der Waals surface area contributed by atoms with E-state index in [1.165, 1.54) is 0 Å². The van der Waals surface area contributed by atoms with Gasteiger partial charge in [0.25, 0.3) is 0 Å². The van der Waals surface area contributed by atoms with Gasteiger partial charge in [0.15, 0.2) is 0 Å². The highest BCUT2D eigenvalue weighted by atomic mass is 79.9. The van der Waals surface area contributed by atoms with Crippen molar-refractivity contribution in [2.24, 2.45) is 0 Å². The average Bonchev–Trinajstić information content (AvgIpc) is 2.80. The number of aromatic nitrogens is 3. The maximum atomic E-state index is 10.2. The standard InChI is InChI=1S/C12H14BrN3O/c1-2-16-11(8-14-15-16)12(17)7-9-5-3-4-6-10(9)13/h3-6,8,12,17H,2,7H2,1H3. The lowest BCUT2D eigenvalue weighted by atomic mass is 10.1. The summed E-state index contributed by atoms with van der Waals surface area (Å²) in [6, 6.07) is 7.88. The fraction of sp³-hybridized carbons (Fsp3) is 0.333. The quantitative estimate of drug-likeness (QED) is 0.942. The Morgan fingerprint density at radius 1 is 1.41 bits per heavy atom. The van der Waals surface area contributed by atoms with Crippen molar-refractivity contribution in [3.8, 4) is 0 Å². The van der Waals surface area contributed by atoms with Crippen molar-refractivity contribution in [3.63, 3.8) is 0 Å². The molecule has 1 aromatic heterocycles. The Bertz CT molecular complexity index is 498. The molecule has 4 nitrogen and oxygen atoms in total. The molecular weight excluding hydrogens is 282 g/mol. The Balaban J connectivity index is 2.17. The minimum Gasteiger partial charge on any atom is -0.386 e. The largest absolute Gasteiger partial charge is 0.386 e. The predicted octanol–water partition coefficient (Wildman–Crippen LogP) is 2.34. The topological polar surface area (TPSA) is 50.9 Å². The third kappa shape index (κ3) is 2.73. The zero-order chi connectivity index (χ0) is 12.3. The molecule has 2 aromatic rings. The molecule has 1 N–H and O–H groups in total. The number of benzene rings is 1. The van der Waals surface area contributed by atoms with Crippen molar-refractivity contribution >= 4 is 15.9 Å². The summed E-state index contributed by atoms with van der Waals surface area (Å²) < 4.78 is 2.72. The molecule has 0 amide bonds. The first-order valence-corrected chi connectivity index (χ1v) is 6.31. The van der Waals surface area contributed by atoms with Crippen molar-refractivity contribution in [2.45, 2.75) is 26.0 Å². The van der Waals surface area contributed by atoms with E-state index in [1.54, 1.807) is 10.9 Å². The van der Waals surface area contributed by atoms with Gasteiger partial charge in [0.1, 0.15) is 6.10 Å². The van der Waals surface area contributed by atoms with Crippen LogP contribution in [0.15, 0.2) is 34.9 Å². The van der Waals surface area contributed by atoms with Crippen LogP contribution in [0, 0.1) is 0 Å². The summed E-state index contributed by atoms with van der Waals surface area (Å²) in [5.41, 5.74) is 1.83. The maximum absolute atomic E-state index is 10.2. The Labute approximate surface area is 108 Å². The average molecular weight is 296 g/mol. The minimum absolute atomic E-state index is 0.550. The molecule has 0 radical (unpaired) electrons. The molecule has 0 saturated carbocycles. The first-order valence-electron chi connectivity index (χ1n) is 5.52. The first-order chi connectivity index (χ1) is 8.22. The van der Waals surface area contributed by atoms with Crippen LogP contribution in [0.1, 0.15) is 24.3 Å². The van der Waals surface area contributed by atoms with Crippen LogP contribution in [0.25, 0.3) is 0 Å². The van der Waals surface area contributed by atoms with E-state index in [2.05, 4.69) is 26.2 Å². The fourth-order valence-corrected chi connectivity index (χ4v) is 2.19. The van der Waals surface area contributed by atoms with Crippen LogP contribution in [0.4, 0.5) is 0 Å². The molecule has 1 unspecified atom stereocenters. The second-order valence-electron chi connectivity index (χ2n) is 3.79. The summed E-state index contributed by atoms with van der Waals surface area (Å²) in [7, 11) is 0. The van der Waals surface area contributed by atoms with E-state index in [0.717, 1.165) is 15.7 Å². The summed E-state index contributed by atoms with van der Waals surface area (Å²) in [6.07, 6.45) is 1.59. The van der Waals surface area contributed by atoms with Gasteiger partial charge in [-0.1, -0.05) is 39.3 Å². The third-order valence-electron chi connectivity index (χ3n) is 2.66. The van der Waals surface area contributed by atoms with Crippen LogP contribution in [-0.2, 0) is 13.0 Å². The first kappa shape index (κ1) is 12.3. The number of nitrogens with zero attached hydrogens (tertiary/aromatic N) is 3. The Morgan fingerprint density at radius 2 is 2.18 bits per heavy atom. The minimum atomic E-state index is -0.580. The van der Waals surface area contributed by atoms with Gasteiger partial charge in [0, 0.05) is 17.4 Å². The van der Waals surface area contributed by atoms with Crippen LogP contribution in [0.5, 0.6) is 0 Å². The molecule has 2 rings (SSSR count). The number of hydrogen-bond acceptors (Lipinski definition) is 3. The monoisotopic (exact) mass is 295 g/mol. The van der Waals surface area contributed by atoms with Gasteiger partial charge in [-0.3, -0.25) is 0 Å². The van der Waals surface area contributed by atoms with Crippen molar-refractivity contribution < 1.29 is 5.11 Å². The Hall–Kier alpha value is -1.20. The number of aliphatic hydroxyl groups excluding tert-OH is 1. The van der Waals surface area contributed by atoms with Crippen molar-refractivity contribution in [1.82, 2.24) is 15.0 Å². The van der Waals surface area contributed by atoms with Crippen LogP contribution in [-0.4, -0.2) is 20.1 Å². The van der Waals surface area contributed by atoms with Crippen LogP contribution < -0.4 is 0 Å². The van der Waals surface area contributed by atoms with Gasteiger partial charge in [-0.2, -0.15) is 0 Å². The molecule has 5 heteroatoms. The molecule has 1 heterocycles. The third-order valence-corrected chi connectivity index (χ3v) is 3.43. The smallest absolute Gasteiger partial charge is 0.101 e. The molecule has 0 fully saturated rings.